The fourth-order valence-electron chi connectivity index (χ4n) is 2.36. The Balaban J connectivity index is 0.00000264. The smallest absolute Gasteiger partial charge is 0.224 e. The predicted octanol–water partition coefficient (Wildman–Crippen LogP) is 2.18. The Morgan fingerprint density at radius 1 is 1.30 bits per heavy atom. The van der Waals surface area contributed by atoms with E-state index < -0.39 is 0 Å². The van der Waals surface area contributed by atoms with Crippen LogP contribution in [0, 0.1) is 19.8 Å². The normalized spacial score (nSPS) is 11.7. The van der Waals surface area contributed by atoms with Crippen LogP contribution in [-0.2, 0) is 17.9 Å². The molecule has 0 saturated heterocycles. The number of hydrogen-bond donors (Lipinski definition) is 2. The van der Waals surface area contributed by atoms with E-state index in [2.05, 4.69) is 22.5 Å². The topological polar surface area (TPSA) is 72.9 Å². The molecule has 1 unspecified atom stereocenters. The summed E-state index contributed by atoms with van der Waals surface area (Å²) in [6.07, 6.45) is 0. The largest absolute Gasteiger partial charge is 0.352 e. The lowest BCUT2D eigenvalue weighted by atomic mass is 10.1. The Morgan fingerprint density at radius 3 is 2.57 bits per heavy atom. The van der Waals surface area contributed by atoms with E-state index in [0.29, 0.717) is 13.1 Å². The Labute approximate surface area is 143 Å². The van der Waals surface area contributed by atoms with Gasteiger partial charge in [0.1, 0.15) is 0 Å². The van der Waals surface area contributed by atoms with E-state index >= 15 is 0 Å². The van der Waals surface area contributed by atoms with Crippen LogP contribution in [0.5, 0.6) is 0 Å². The van der Waals surface area contributed by atoms with Gasteiger partial charge < -0.3 is 11.1 Å². The highest BCUT2D eigenvalue weighted by Gasteiger charge is 2.15. The Kier molecular flexibility index (Phi) is 7.26. The zero-order valence-electron chi connectivity index (χ0n) is 13.9. The average molecular weight is 337 g/mol. The van der Waals surface area contributed by atoms with Gasteiger partial charge in [-0.15, -0.1) is 12.4 Å². The third kappa shape index (κ3) is 4.81. The molecule has 23 heavy (non-hydrogen) atoms. The summed E-state index contributed by atoms with van der Waals surface area (Å²) in [7, 11) is 0. The van der Waals surface area contributed by atoms with E-state index in [0.717, 1.165) is 23.5 Å². The summed E-state index contributed by atoms with van der Waals surface area (Å²) in [6, 6.07) is 10.2. The van der Waals surface area contributed by atoms with Gasteiger partial charge in [0.05, 0.1) is 12.2 Å². The summed E-state index contributed by atoms with van der Waals surface area (Å²) >= 11 is 0. The molecular weight excluding hydrogens is 312 g/mol. The molecule has 0 spiro atoms. The molecule has 2 rings (SSSR count). The van der Waals surface area contributed by atoms with E-state index in [1.54, 1.807) is 0 Å². The van der Waals surface area contributed by atoms with E-state index in [4.69, 9.17) is 5.73 Å². The van der Waals surface area contributed by atoms with Crippen LogP contribution in [0.4, 0.5) is 0 Å². The van der Waals surface area contributed by atoms with Crippen molar-refractivity contribution >= 4 is 18.3 Å². The number of amides is 1. The van der Waals surface area contributed by atoms with E-state index in [1.807, 2.05) is 43.7 Å². The Hall–Kier alpha value is -1.85. The van der Waals surface area contributed by atoms with Crippen molar-refractivity contribution in [1.29, 1.82) is 0 Å². The molecule has 1 heterocycles. The molecule has 6 heteroatoms. The second-order valence-electron chi connectivity index (χ2n) is 5.65. The monoisotopic (exact) mass is 336 g/mol. The second-order valence-corrected chi connectivity index (χ2v) is 5.65. The molecule has 1 aromatic heterocycles. The number of aromatic nitrogens is 2. The number of carbonyl (C=O) groups is 1. The van der Waals surface area contributed by atoms with Gasteiger partial charge in [-0.3, -0.25) is 9.48 Å². The molecule has 0 radical (unpaired) electrons. The molecule has 0 aliphatic carbocycles. The summed E-state index contributed by atoms with van der Waals surface area (Å²) in [4.78, 5) is 11.8. The van der Waals surface area contributed by atoms with Crippen molar-refractivity contribution in [2.24, 2.45) is 11.7 Å². The number of nitrogens with one attached hydrogen (secondary N) is 1. The summed E-state index contributed by atoms with van der Waals surface area (Å²) in [5.74, 6) is -0.183. The van der Waals surface area contributed by atoms with Gasteiger partial charge in [-0.2, -0.15) is 5.10 Å². The van der Waals surface area contributed by atoms with Gasteiger partial charge in [0.25, 0.3) is 0 Å². The first-order valence-electron chi connectivity index (χ1n) is 7.57. The third-order valence-corrected chi connectivity index (χ3v) is 3.95. The van der Waals surface area contributed by atoms with Crippen LogP contribution in [0.1, 0.15) is 29.4 Å². The highest BCUT2D eigenvalue weighted by molar-refractivity contribution is 5.85. The quantitative estimate of drug-likeness (QED) is 0.849. The number of benzene rings is 1. The minimum atomic E-state index is -0.167. The van der Waals surface area contributed by atoms with Gasteiger partial charge in [-0.1, -0.05) is 37.3 Å². The summed E-state index contributed by atoms with van der Waals surface area (Å²) in [5, 5.41) is 7.53. The predicted molar refractivity (Wildman–Crippen MR) is 94.6 cm³/mol. The molecule has 3 N–H and O–H groups in total. The van der Waals surface area contributed by atoms with Crippen molar-refractivity contribution < 1.29 is 4.79 Å². The van der Waals surface area contributed by atoms with Gasteiger partial charge in [0.15, 0.2) is 0 Å². The van der Waals surface area contributed by atoms with Crippen LogP contribution in [0.3, 0.4) is 0 Å². The molecule has 5 nitrogen and oxygen atoms in total. The zero-order valence-corrected chi connectivity index (χ0v) is 14.7. The number of rotatable bonds is 6. The molecule has 0 fully saturated rings. The molecule has 126 valence electrons. The fourth-order valence-corrected chi connectivity index (χ4v) is 2.36. The Morgan fingerprint density at radius 2 is 1.96 bits per heavy atom. The van der Waals surface area contributed by atoms with Crippen molar-refractivity contribution in [3.63, 3.8) is 0 Å². The van der Waals surface area contributed by atoms with E-state index in [1.165, 1.54) is 5.56 Å². The van der Waals surface area contributed by atoms with Gasteiger partial charge >= 0.3 is 0 Å². The van der Waals surface area contributed by atoms with Gasteiger partial charge in [0.2, 0.25) is 5.91 Å². The molecular formula is C17H25ClN4O. The van der Waals surface area contributed by atoms with Crippen molar-refractivity contribution in [3.05, 3.63) is 52.8 Å². The molecule has 0 aliphatic rings. The molecule has 2 aromatic rings. The van der Waals surface area contributed by atoms with Crippen molar-refractivity contribution in [2.45, 2.75) is 33.9 Å². The summed E-state index contributed by atoms with van der Waals surface area (Å²) in [5.41, 5.74) is 9.84. The van der Waals surface area contributed by atoms with Crippen LogP contribution in [-0.4, -0.2) is 22.2 Å². The van der Waals surface area contributed by atoms with Crippen LogP contribution in [0.25, 0.3) is 0 Å². The van der Waals surface area contributed by atoms with Crippen molar-refractivity contribution in [1.82, 2.24) is 15.1 Å². The molecule has 0 aliphatic heterocycles. The van der Waals surface area contributed by atoms with Crippen molar-refractivity contribution in [2.75, 3.05) is 6.54 Å². The second kappa shape index (κ2) is 8.70. The summed E-state index contributed by atoms with van der Waals surface area (Å²) in [6.45, 7) is 7.43. The number of hydrogen-bond acceptors (Lipinski definition) is 3. The van der Waals surface area contributed by atoms with Gasteiger partial charge in [-0.05, 0) is 19.4 Å². The maximum Gasteiger partial charge on any atom is 0.224 e. The number of nitrogens with zero attached hydrogens (tertiary/aromatic N) is 2. The number of halogens is 1. The van der Waals surface area contributed by atoms with Crippen LogP contribution in [0.2, 0.25) is 0 Å². The van der Waals surface area contributed by atoms with Crippen LogP contribution in [0.15, 0.2) is 30.3 Å². The fraction of sp³-hybridized carbons (Fsp3) is 0.412. The van der Waals surface area contributed by atoms with Gasteiger partial charge in [-0.25, -0.2) is 0 Å². The minimum Gasteiger partial charge on any atom is -0.352 e. The lowest BCUT2D eigenvalue weighted by Crippen LogP contribution is -2.33. The standard InChI is InChI=1S/C17H24N4O.ClH/c1-12(9-18)17(22)19-10-16-13(2)20-21(14(16)3)11-15-7-5-4-6-8-15;/h4-8,12H,9-11,18H2,1-3H3,(H,19,22);1H. The molecule has 1 aromatic carbocycles. The SMILES string of the molecule is Cc1nn(Cc2ccccc2)c(C)c1CNC(=O)C(C)CN.Cl. The highest BCUT2D eigenvalue weighted by atomic mass is 35.5. The maximum atomic E-state index is 11.8. The molecule has 0 bridgehead atoms. The van der Waals surface area contributed by atoms with E-state index in [-0.39, 0.29) is 24.2 Å². The molecule has 1 amide bonds. The number of aryl methyl sites for hydroxylation is 1. The van der Waals surface area contributed by atoms with Crippen molar-refractivity contribution in [3.8, 4) is 0 Å². The maximum absolute atomic E-state index is 11.8. The average Bonchev–Trinajstić information content (AvgIpc) is 2.79. The molecule has 0 saturated carbocycles. The highest BCUT2D eigenvalue weighted by Crippen LogP contribution is 2.14. The Bertz CT molecular complexity index is 640. The summed E-state index contributed by atoms with van der Waals surface area (Å²) < 4.78 is 1.98. The van der Waals surface area contributed by atoms with Crippen LogP contribution >= 0.6 is 12.4 Å². The van der Waals surface area contributed by atoms with E-state index in [9.17, 15) is 4.79 Å². The third-order valence-electron chi connectivity index (χ3n) is 3.95. The lowest BCUT2D eigenvalue weighted by molar-refractivity contribution is -0.124. The minimum absolute atomic E-state index is 0. The van der Waals surface area contributed by atoms with Gasteiger partial charge in [0, 0.05) is 30.3 Å². The first kappa shape index (κ1) is 19.2. The lowest BCUT2D eigenvalue weighted by Gasteiger charge is -2.10. The number of carbonyl (C=O) groups excluding carboxylic acids is 1. The molecule has 1 atom stereocenters. The first-order chi connectivity index (χ1) is 10.5. The zero-order chi connectivity index (χ0) is 16.1. The first-order valence-corrected chi connectivity index (χ1v) is 7.57. The number of nitrogens with two attached hydrogens (primary N) is 1. The van der Waals surface area contributed by atoms with Crippen LogP contribution < -0.4 is 11.1 Å².